The zero-order valence-corrected chi connectivity index (χ0v) is 12.8. The van der Waals surface area contributed by atoms with Gasteiger partial charge in [-0.15, -0.1) is 0 Å². The Hall–Kier alpha value is -1.11. The fraction of sp³-hybridized carbons (Fsp3) is 0.333. The van der Waals surface area contributed by atoms with E-state index < -0.39 is 51.9 Å². The van der Waals surface area contributed by atoms with Gasteiger partial charge < -0.3 is 0 Å². The minimum Gasteiger partial charge on any atom is -0.229 e. The first-order valence-electron chi connectivity index (χ1n) is 5.21. The predicted octanol–water partition coefficient (Wildman–Crippen LogP) is -0.255. The molecule has 0 atom stereocenters. The van der Waals surface area contributed by atoms with Gasteiger partial charge in [-0.05, 0) is 24.3 Å². The Morgan fingerprint density at radius 1 is 0.857 bits per heavy atom. The molecule has 0 spiro atoms. The Labute approximate surface area is 120 Å². The van der Waals surface area contributed by atoms with Crippen LogP contribution in [-0.4, -0.2) is 42.5 Å². The Morgan fingerprint density at radius 2 is 1.29 bits per heavy atom. The SMILES string of the molecule is NS(=O)(=O)CCS(=O)(=O)c1ccc(S(=O)(=O)C(F)F)cc1. The van der Waals surface area contributed by atoms with Crippen LogP contribution in [0.2, 0.25) is 0 Å². The quantitative estimate of drug-likeness (QED) is 0.742. The van der Waals surface area contributed by atoms with Gasteiger partial charge in [0.15, 0.2) is 9.84 Å². The number of rotatable bonds is 6. The molecule has 1 aromatic rings. The van der Waals surface area contributed by atoms with E-state index in [4.69, 9.17) is 0 Å². The van der Waals surface area contributed by atoms with Crippen molar-refractivity contribution >= 4 is 29.7 Å². The number of nitrogens with two attached hydrogens (primary N) is 1. The second-order valence-corrected chi connectivity index (χ2v) is 9.72. The van der Waals surface area contributed by atoms with Gasteiger partial charge >= 0.3 is 5.76 Å². The average molecular weight is 363 g/mol. The third kappa shape index (κ3) is 4.69. The maximum absolute atomic E-state index is 12.3. The lowest BCUT2D eigenvalue weighted by atomic mass is 10.4. The zero-order chi connectivity index (χ0) is 16.5. The predicted molar refractivity (Wildman–Crippen MR) is 69.7 cm³/mol. The van der Waals surface area contributed by atoms with E-state index in [-0.39, 0.29) is 4.90 Å². The molecular formula is C9H11F2NO6S3. The molecule has 0 aromatic heterocycles. The normalized spacial score (nSPS) is 13.5. The maximum atomic E-state index is 12.3. The minimum atomic E-state index is -4.82. The molecule has 0 aliphatic carbocycles. The second kappa shape index (κ2) is 5.94. The molecule has 0 saturated heterocycles. The molecular weight excluding hydrogens is 352 g/mol. The first-order valence-corrected chi connectivity index (χ1v) is 10.1. The van der Waals surface area contributed by atoms with E-state index in [9.17, 15) is 34.0 Å². The van der Waals surface area contributed by atoms with E-state index in [1.54, 1.807) is 0 Å². The summed E-state index contributed by atoms with van der Waals surface area (Å²) in [5.41, 5.74) is 0. The van der Waals surface area contributed by atoms with Gasteiger partial charge in [0.25, 0.3) is 0 Å². The Balaban J connectivity index is 3.08. The minimum absolute atomic E-state index is 0.389. The van der Waals surface area contributed by atoms with Crippen molar-refractivity contribution in [3.63, 3.8) is 0 Å². The highest BCUT2D eigenvalue weighted by atomic mass is 32.2. The molecule has 2 N–H and O–H groups in total. The topological polar surface area (TPSA) is 128 Å². The zero-order valence-electron chi connectivity index (χ0n) is 10.3. The van der Waals surface area contributed by atoms with Gasteiger partial charge in [-0.25, -0.2) is 30.4 Å². The summed E-state index contributed by atoms with van der Waals surface area (Å²) >= 11 is 0. The fourth-order valence-electron chi connectivity index (χ4n) is 1.28. The Morgan fingerprint density at radius 3 is 1.67 bits per heavy atom. The molecule has 0 heterocycles. The van der Waals surface area contributed by atoms with Gasteiger partial charge in [-0.1, -0.05) is 0 Å². The van der Waals surface area contributed by atoms with Crippen molar-refractivity contribution in [1.29, 1.82) is 0 Å². The first-order chi connectivity index (χ1) is 9.36. The average Bonchev–Trinajstić information content (AvgIpc) is 2.36. The number of halogens is 2. The lowest BCUT2D eigenvalue weighted by molar-refractivity contribution is 0.234. The number of alkyl halides is 2. The van der Waals surface area contributed by atoms with E-state index in [0.717, 1.165) is 12.1 Å². The van der Waals surface area contributed by atoms with Crippen molar-refractivity contribution in [2.45, 2.75) is 15.5 Å². The van der Waals surface area contributed by atoms with Crippen molar-refractivity contribution in [2.24, 2.45) is 5.14 Å². The molecule has 1 rings (SSSR count). The molecule has 0 saturated carbocycles. The van der Waals surface area contributed by atoms with E-state index in [0.29, 0.717) is 12.1 Å². The molecule has 120 valence electrons. The molecule has 0 aliphatic heterocycles. The van der Waals surface area contributed by atoms with Crippen LogP contribution in [0.5, 0.6) is 0 Å². The van der Waals surface area contributed by atoms with Crippen molar-refractivity contribution in [3.8, 4) is 0 Å². The summed E-state index contributed by atoms with van der Waals surface area (Å²) in [5, 5.41) is 4.68. The summed E-state index contributed by atoms with van der Waals surface area (Å²) in [6.45, 7) is 0. The molecule has 7 nitrogen and oxygen atoms in total. The molecule has 21 heavy (non-hydrogen) atoms. The third-order valence-corrected chi connectivity index (χ3v) is 6.54. The van der Waals surface area contributed by atoms with Gasteiger partial charge in [-0.3, -0.25) is 0 Å². The standard InChI is InChI=1S/C9H11F2NO6S3/c10-9(11)21(17,18)8-3-1-7(2-4-8)19(13,14)5-6-20(12,15)16/h1-4,9H,5-6H2,(H2,12,15,16). The number of benzene rings is 1. The van der Waals surface area contributed by atoms with Crippen molar-refractivity contribution in [3.05, 3.63) is 24.3 Å². The summed E-state index contributed by atoms with van der Waals surface area (Å²) in [4.78, 5) is -1.12. The first kappa shape index (κ1) is 17.9. The summed E-state index contributed by atoms with van der Waals surface area (Å²) in [7, 11) is -12.8. The number of primary sulfonamides is 1. The van der Waals surface area contributed by atoms with Crippen LogP contribution in [0.3, 0.4) is 0 Å². The highest BCUT2D eigenvalue weighted by molar-refractivity contribution is 7.94. The van der Waals surface area contributed by atoms with Gasteiger partial charge in [0, 0.05) is 0 Å². The van der Waals surface area contributed by atoms with E-state index >= 15 is 0 Å². The summed E-state index contributed by atoms with van der Waals surface area (Å²) in [6.07, 6.45) is 0. The van der Waals surface area contributed by atoms with Crippen LogP contribution >= 0.6 is 0 Å². The van der Waals surface area contributed by atoms with Gasteiger partial charge in [0.05, 0.1) is 21.3 Å². The Kier molecular flexibility index (Phi) is 5.08. The number of hydrogen-bond acceptors (Lipinski definition) is 6. The number of sulfone groups is 2. The fourth-order valence-corrected chi connectivity index (χ4v) is 4.60. The van der Waals surface area contributed by atoms with Gasteiger partial charge in [0.2, 0.25) is 19.9 Å². The van der Waals surface area contributed by atoms with Crippen molar-refractivity contribution < 1.29 is 34.0 Å². The summed E-state index contributed by atoms with van der Waals surface area (Å²) in [6, 6.07) is 3.05. The van der Waals surface area contributed by atoms with Crippen LogP contribution in [0.15, 0.2) is 34.1 Å². The lowest BCUT2D eigenvalue weighted by Crippen LogP contribution is -2.23. The maximum Gasteiger partial charge on any atom is 0.341 e. The van der Waals surface area contributed by atoms with Crippen molar-refractivity contribution in [1.82, 2.24) is 0 Å². The molecule has 0 fully saturated rings. The molecule has 1 aromatic carbocycles. The van der Waals surface area contributed by atoms with Crippen LogP contribution in [0, 0.1) is 0 Å². The molecule has 0 unspecified atom stereocenters. The van der Waals surface area contributed by atoms with E-state index in [2.05, 4.69) is 5.14 Å². The van der Waals surface area contributed by atoms with Crippen LogP contribution in [0.25, 0.3) is 0 Å². The summed E-state index contributed by atoms with van der Waals surface area (Å²) in [5.74, 6) is -5.23. The molecule has 0 bridgehead atoms. The van der Waals surface area contributed by atoms with Gasteiger partial charge in [-0.2, -0.15) is 8.78 Å². The monoisotopic (exact) mass is 363 g/mol. The van der Waals surface area contributed by atoms with Crippen LogP contribution in [0.4, 0.5) is 8.78 Å². The number of sulfonamides is 1. The summed E-state index contributed by atoms with van der Waals surface area (Å²) < 4.78 is 91.9. The van der Waals surface area contributed by atoms with Crippen LogP contribution in [0.1, 0.15) is 0 Å². The van der Waals surface area contributed by atoms with Crippen LogP contribution < -0.4 is 5.14 Å². The van der Waals surface area contributed by atoms with Gasteiger partial charge in [0.1, 0.15) is 0 Å². The smallest absolute Gasteiger partial charge is 0.229 e. The third-order valence-electron chi connectivity index (χ3n) is 2.38. The molecule has 0 amide bonds. The van der Waals surface area contributed by atoms with Crippen molar-refractivity contribution in [2.75, 3.05) is 11.5 Å². The number of hydrogen-bond donors (Lipinski definition) is 1. The van der Waals surface area contributed by atoms with E-state index in [1.807, 2.05) is 0 Å². The van der Waals surface area contributed by atoms with Crippen LogP contribution in [-0.2, 0) is 29.7 Å². The molecule has 0 aliphatic rings. The molecule has 0 radical (unpaired) electrons. The van der Waals surface area contributed by atoms with E-state index in [1.165, 1.54) is 0 Å². The highest BCUT2D eigenvalue weighted by Gasteiger charge is 2.27. The Bertz CT molecular complexity index is 813. The lowest BCUT2D eigenvalue weighted by Gasteiger charge is -2.06. The highest BCUT2D eigenvalue weighted by Crippen LogP contribution is 2.20. The second-order valence-electron chi connectivity index (χ2n) is 3.96. The molecule has 12 heteroatoms. The largest absolute Gasteiger partial charge is 0.341 e.